The van der Waals surface area contributed by atoms with Crippen molar-refractivity contribution in [2.24, 2.45) is 50.7 Å². The van der Waals surface area contributed by atoms with Gasteiger partial charge >= 0.3 is 12.1 Å². The van der Waals surface area contributed by atoms with E-state index in [1.54, 1.807) is 18.7 Å². The number of rotatable bonds is 4. The van der Waals surface area contributed by atoms with Crippen molar-refractivity contribution in [2.75, 3.05) is 26.3 Å². The van der Waals surface area contributed by atoms with Gasteiger partial charge in [0.2, 0.25) is 0 Å². The molecule has 46 heavy (non-hydrogen) atoms. The van der Waals surface area contributed by atoms with Gasteiger partial charge in [-0.1, -0.05) is 34.6 Å². The van der Waals surface area contributed by atoms with Crippen LogP contribution in [0.15, 0.2) is 0 Å². The molecule has 5 saturated carbocycles. The van der Waals surface area contributed by atoms with E-state index in [0.717, 1.165) is 32.1 Å². The number of carbonyl (C=O) groups excluding carboxylic acids is 2. The van der Waals surface area contributed by atoms with E-state index in [4.69, 9.17) is 18.9 Å². The van der Waals surface area contributed by atoms with E-state index < -0.39 is 29.9 Å². The van der Waals surface area contributed by atoms with Crippen LogP contribution in [0.5, 0.6) is 0 Å². The molecule has 2 heterocycles. The van der Waals surface area contributed by atoms with Crippen LogP contribution in [0.1, 0.15) is 107 Å². The second-order valence-electron chi connectivity index (χ2n) is 18.2. The first kappa shape index (κ1) is 33.1. The molecule has 13 atom stereocenters. The maximum atomic E-state index is 13.2. The number of fused-ring (bicyclic) bond motifs is 4. The molecule has 0 bridgehead atoms. The van der Waals surface area contributed by atoms with Crippen LogP contribution >= 0.6 is 0 Å². The summed E-state index contributed by atoms with van der Waals surface area (Å²) in [5.74, 6) is 0.889. The fourth-order valence-electron chi connectivity index (χ4n) is 13.5. The van der Waals surface area contributed by atoms with Crippen molar-refractivity contribution in [3.05, 3.63) is 0 Å². The third kappa shape index (κ3) is 4.32. The minimum Gasteiger partial charge on any atom is -0.457 e. The van der Waals surface area contributed by atoms with Crippen LogP contribution in [-0.4, -0.2) is 89.6 Å². The smallest absolute Gasteiger partial charge is 0.410 e. The van der Waals surface area contributed by atoms with E-state index >= 15 is 0 Å². The highest BCUT2D eigenvalue weighted by Gasteiger charge is 2.84. The molecule has 0 aromatic carbocycles. The number of nitrogens with zero attached hydrogens (tertiary/aromatic N) is 1. The van der Waals surface area contributed by atoms with Crippen LogP contribution in [0, 0.1) is 50.7 Å². The summed E-state index contributed by atoms with van der Waals surface area (Å²) in [5.41, 5.74) is -1.35. The van der Waals surface area contributed by atoms with Crippen LogP contribution in [0.3, 0.4) is 0 Å². The summed E-state index contributed by atoms with van der Waals surface area (Å²) in [7, 11) is 0. The Balaban J connectivity index is 1.14. The van der Waals surface area contributed by atoms with E-state index in [1.807, 2.05) is 0 Å². The van der Waals surface area contributed by atoms with Crippen molar-refractivity contribution in [3.63, 3.8) is 0 Å². The molecule has 9 heteroatoms. The fraction of sp³-hybridized carbons (Fsp3) is 0.946. The van der Waals surface area contributed by atoms with Gasteiger partial charge in [-0.05, 0) is 105 Å². The summed E-state index contributed by atoms with van der Waals surface area (Å²) < 4.78 is 24.2. The molecule has 7 aliphatic rings. The summed E-state index contributed by atoms with van der Waals surface area (Å²) in [5, 5.41) is 23.5. The zero-order valence-corrected chi connectivity index (χ0v) is 29.5. The van der Waals surface area contributed by atoms with Gasteiger partial charge in [-0.25, -0.2) is 4.79 Å². The van der Waals surface area contributed by atoms with E-state index in [0.29, 0.717) is 44.6 Å². The van der Waals surface area contributed by atoms with Gasteiger partial charge < -0.3 is 34.1 Å². The van der Waals surface area contributed by atoms with Gasteiger partial charge in [-0.3, -0.25) is 4.79 Å². The van der Waals surface area contributed by atoms with E-state index in [-0.39, 0.29) is 57.2 Å². The zero-order chi connectivity index (χ0) is 33.2. The SMILES string of the molecule is CC(=O)O[C@@H]([C@@H]1C[C@@H](C)[C@H]2[C@H](O1)[C@H](O)[C@@]1(C)[C@@H]3CC[C@H]4C(C)(C)[C@@H](OC(=O)N5CCOCC5)CC[C@@]45C[C@@]35CC[C@]21C)C(C)(C)O. The zero-order valence-electron chi connectivity index (χ0n) is 29.5. The monoisotopic (exact) mass is 645 g/mol. The number of aliphatic hydroxyl groups is 2. The van der Waals surface area contributed by atoms with E-state index in [9.17, 15) is 19.8 Å². The third-order valence-electron chi connectivity index (χ3n) is 15.6. The van der Waals surface area contributed by atoms with Gasteiger partial charge in [0.15, 0.2) is 6.10 Å². The highest BCUT2D eigenvalue weighted by molar-refractivity contribution is 5.68. The number of hydrogen-bond donors (Lipinski definition) is 2. The Hall–Kier alpha value is -1.42. The van der Waals surface area contributed by atoms with Gasteiger partial charge in [-0.2, -0.15) is 0 Å². The molecule has 2 N–H and O–H groups in total. The average molecular weight is 646 g/mol. The maximum Gasteiger partial charge on any atom is 0.410 e. The lowest BCUT2D eigenvalue weighted by Gasteiger charge is -2.63. The Morgan fingerprint density at radius 1 is 0.978 bits per heavy atom. The molecule has 0 aromatic heterocycles. The molecule has 5 aliphatic carbocycles. The highest BCUT2D eigenvalue weighted by atomic mass is 16.6. The van der Waals surface area contributed by atoms with Crippen molar-refractivity contribution in [3.8, 4) is 0 Å². The van der Waals surface area contributed by atoms with Crippen LogP contribution in [0.2, 0.25) is 0 Å². The van der Waals surface area contributed by atoms with Crippen molar-refractivity contribution < 1.29 is 38.7 Å². The maximum absolute atomic E-state index is 13.2. The predicted octanol–water partition coefficient (Wildman–Crippen LogP) is 5.34. The lowest BCUT2D eigenvalue weighted by Crippen LogP contribution is -2.60. The average Bonchev–Trinajstić information content (AvgIpc) is 3.61. The summed E-state index contributed by atoms with van der Waals surface area (Å²) in [6.07, 6.45) is 5.72. The Bertz CT molecular complexity index is 1240. The standard InChI is InChI=1S/C37H59NO8/c1-21-19-23(30(33(5,6)42)44-22(2)39)45-28-27(21)34(7)13-14-37-20-36(37)12-11-26(46-31(41)38-15-17-43-18-16-38)32(3,4)24(36)9-10-25(37)35(34,8)29(28)40/h21,23-30,40,42H,9-20H2,1-8H3/t21-,23+,24+,25+,26+,27+,28+,29+,30+,34-,35-,36-,37+/m1/s1. The number of aliphatic hydroxyl groups excluding tert-OH is 1. The molecular weight excluding hydrogens is 586 g/mol. The number of amides is 1. The quantitative estimate of drug-likeness (QED) is 0.394. The molecule has 0 aromatic rings. The van der Waals surface area contributed by atoms with Crippen LogP contribution in [-0.2, 0) is 23.7 Å². The van der Waals surface area contributed by atoms with Crippen LogP contribution in [0.25, 0.3) is 0 Å². The van der Waals surface area contributed by atoms with Gasteiger partial charge in [0.25, 0.3) is 0 Å². The van der Waals surface area contributed by atoms with Crippen molar-refractivity contribution >= 4 is 12.1 Å². The Labute approximate surface area is 275 Å². The minimum atomic E-state index is -1.27. The topological polar surface area (TPSA) is 115 Å². The first-order chi connectivity index (χ1) is 21.4. The van der Waals surface area contributed by atoms with Crippen molar-refractivity contribution in [1.29, 1.82) is 0 Å². The van der Waals surface area contributed by atoms with E-state index in [2.05, 4.69) is 34.6 Å². The highest BCUT2D eigenvalue weighted by Crippen LogP contribution is 2.89. The molecule has 1 amide bonds. The Kier molecular flexibility index (Phi) is 7.58. The van der Waals surface area contributed by atoms with Gasteiger partial charge in [0.1, 0.15) is 6.10 Å². The summed E-state index contributed by atoms with van der Waals surface area (Å²) in [6, 6.07) is 0. The number of hydrogen-bond acceptors (Lipinski definition) is 8. The Morgan fingerprint density at radius 3 is 2.28 bits per heavy atom. The van der Waals surface area contributed by atoms with Gasteiger partial charge in [0, 0.05) is 30.8 Å². The Morgan fingerprint density at radius 2 is 1.63 bits per heavy atom. The van der Waals surface area contributed by atoms with Gasteiger partial charge in [0.05, 0.1) is 37.1 Å². The lowest BCUT2D eigenvalue weighted by atomic mass is 9.41. The molecule has 260 valence electrons. The second kappa shape index (κ2) is 10.5. The van der Waals surface area contributed by atoms with Crippen molar-refractivity contribution in [2.45, 2.75) is 143 Å². The molecule has 0 radical (unpaired) electrons. The number of morpholine rings is 1. The fourth-order valence-corrected chi connectivity index (χ4v) is 13.5. The summed E-state index contributed by atoms with van der Waals surface area (Å²) >= 11 is 0. The molecule has 7 fully saturated rings. The normalized spacial score (nSPS) is 49.7. The minimum absolute atomic E-state index is 0.0833. The van der Waals surface area contributed by atoms with Gasteiger partial charge in [-0.15, -0.1) is 0 Å². The lowest BCUT2D eigenvalue weighted by molar-refractivity contribution is -0.216. The number of ether oxygens (including phenoxy) is 4. The first-order valence-corrected chi connectivity index (χ1v) is 18.2. The summed E-state index contributed by atoms with van der Waals surface area (Å²) in [4.78, 5) is 27.0. The van der Waals surface area contributed by atoms with E-state index in [1.165, 1.54) is 19.8 Å². The molecule has 7 rings (SSSR count). The summed E-state index contributed by atoms with van der Waals surface area (Å²) in [6.45, 7) is 18.8. The number of esters is 1. The molecule has 2 saturated heterocycles. The molecule has 2 spiro atoms. The third-order valence-corrected chi connectivity index (χ3v) is 15.6. The van der Waals surface area contributed by atoms with Crippen molar-refractivity contribution in [1.82, 2.24) is 4.90 Å². The molecule has 2 aliphatic heterocycles. The van der Waals surface area contributed by atoms with Crippen LogP contribution < -0.4 is 0 Å². The second-order valence-corrected chi connectivity index (χ2v) is 18.2. The number of carbonyl (C=O) groups is 2. The molecular formula is C37H59NO8. The largest absolute Gasteiger partial charge is 0.457 e. The first-order valence-electron chi connectivity index (χ1n) is 18.2. The van der Waals surface area contributed by atoms with Crippen LogP contribution in [0.4, 0.5) is 4.79 Å². The molecule has 9 nitrogen and oxygen atoms in total. The predicted molar refractivity (Wildman–Crippen MR) is 171 cm³/mol. The molecule has 0 unspecified atom stereocenters.